The molecule has 0 aliphatic heterocycles. The van der Waals surface area contributed by atoms with Crippen molar-refractivity contribution in [3.8, 4) is 0 Å². The van der Waals surface area contributed by atoms with E-state index in [9.17, 15) is 4.79 Å². The van der Waals surface area contributed by atoms with Crippen LogP contribution in [0, 0.1) is 13.8 Å². The number of nitrogens with one attached hydrogen (secondary N) is 1. The molecule has 1 amide bonds. The molecule has 0 fully saturated rings. The van der Waals surface area contributed by atoms with E-state index in [1.807, 2.05) is 27.7 Å². The Kier molecular flexibility index (Phi) is 4.69. The van der Waals surface area contributed by atoms with Crippen molar-refractivity contribution >= 4 is 5.91 Å². The van der Waals surface area contributed by atoms with E-state index in [4.69, 9.17) is 5.11 Å². The summed E-state index contributed by atoms with van der Waals surface area (Å²) in [5.74, 6) is -0.0165. The zero-order chi connectivity index (χ0) is 13.0. The van der Waals surface area contributed by atoms with E-state index in [0.29, 0.717) is 18.5 Å². The predicted octanol–water partition coefficient (Wildman–Crippen LogP) is 1.26. The molecule has 0 aromatic carbocycles. The van der Waals surface area contributed by atoms with Crippen LogP contribution in [0.2, 0.25) is 0 Å². The number of H-pyrrole nitrogens is 1. The van der Waals surface area contributed by atoms with Crippen LogP contribution in [0.4, 0.5) is 0 Å². The van der Waals surface area contributed by atoms with Gasteiger partial charge in [-0.05, 0) is 34.1 Å². The molecule has 0 atom stereocenters. The van der Waals surface area contributed by atoms with Gasteiger partial charge in [0.2, 0.25) is 0 Å². The van der Waals surface area contributed by atoms with Gasteiger partial charge in [-0.15, -0.1) is 0 Å². The molecule has 0 spiro atoms. The van der Waals surface area contributed by atoms with Crippen molar-refractivity contribution in [3.63, 3.8) is 0 Å². The average molecular weight is 239 g/mol. The van der Waals surface area contributed by atoms with Crippen molar-refractivity contribution in [2.24, 2.45) is 0 Å². The molecule has 0 aliphatic carbocycles. The number of aliphatic hydroxyl groups is 1. The number of hydrogen-bond acceptors (Lipinski definition) is 3. The Hall–Kier alpha value is -1.36. The van der Waals surface area contributed by atoms with Gasteiger partial charge in [0.1, 0.15) is 0 Å². The minimum absolute atomic E-state index is 0.0165. The Morgan fingerprint density at radius 3 is 2.53 bits per heavy atom. The van der Waals surface area contributed by atoms with Crippen LogP contribution in [-0.2, 0) is 0 Å². The summed E-state index contributed by atoms with van der Waals surface area (Å²) in [7, 11) is 0. The Labute approximate surface area is 102 Å². The molecule has 96 valence electrons. The van der Waals surface area contributed by atoms with Crippen LogP contribution in [0.15, 0.2) is 0 Å². The molecule has 2 N–H and O–H groups in total. The number of nitrogens with zero attached hydrogens (tertiary/aromatic N) is 2. The first-order valence-corrected chi connectivity index (χ1v) is 5.92. The highest BCUT2D eigenvalue weighted by atomic mass is 16.3. The minimum Gasteiger partial charge on any atom is -0.396 e. The largest absolute Gasteiger partial charge is 0.396 e. The molecule has 0 radical (unpaired) electrons. The molecule has 0 saturated heterocycles. The zero-order valence-electron chi connectivity index (χ0n) is 10.9. The summed E-state index contributed by atoms with van der Waals surface area (Å²) in [4.78, 5) is 14.1. The first-order valence-electron chi connectivity index (χ1n) is 5.92. The SMILES string of the molecule is Cc1n[nH]c(C)c1C(=O)N(CCCO)C(C)C. The Morgan fingerprint density at radius 1 is 1.47 bits per heavy atom. The third kappa shape index (κ3) is 3.06. The maximum Gasteiger partial charge on any atom is 0.257 e. The van der Waals surface area contributed by atoms with E-state index < -0.39 is 0 Å². The molecule has 17 heavy (non-hydrogen) atoms. The van der Waals surface area contributed by atoms with Gasteiger partial charge in [-0.2, -0.15) is 5.10 Å². The van der Waals surface area contributed by atoms with Crippen LogP contribution < -0.4 is 0 Å². The highest BCUT2D eigenvalue weighted by Crippen LogP contribution is 2.15. The van der Waals surface area contributed by atoms with Gasteiger partial charge in [-0.3, -0.25) is 9.89 Å². The maximum atomic E-state index is 12.4. The minimum atomic E-state index is -0.0165. The molecule has 0 saturated carbocycles. The average Bonchev–Trinajstić information content (AvgIpc) is 2.58. The van der Waals surface area contributed by atoms with E-state index in [1.165, 1.54) is 0 Å². The lowest BCUT2D eigenvalue weighted by molar-refractivity contribution is 0.0691. The summed E-state index contributed by atoms with van der Waals surface area (Å²) in [6.07, 6.45) is 0.597. The first-order chi connectivity index (χ1) is 7.99. The number of carbonyl (C=O) groups is 1. The van der Waals surface area contributed by atoms with Gasteiger partial charge < -0.3 is 10.0 Å². The summed E-state index contributed by atoms with van der Waals surface area (Å²) in [5, 5.41) is 15.7. The quantitative estimate of drug-likeness (QED) is 0.812. The third-order valence-corrected chi connectivity index (χ3v) is 2.78. The van der Waals surface area contributed by atoms with E-state index in [0.717, 1.165) is 11.4 Å². The Bertz CT molecular complexity index is 366. The van der Waals surface area contributed by atoms with Crippen molar-refractivity contribution < 1.29 is 9.90 Å². The van der Waals surface area contributed by atoms with E-state index in [2.05, 4.69) is 10.2 Å². The summed E-state index contributed by atoms with van der Waals surface area (Å²) in [6.45, 7) is 8.27. The van der Waals surface area contributed by atoms with Gasteiger partial charge in [0.05, 0.1) is 11.3 Å². The normalized spacial score (nSPS) is 10.9. The maximum absolute atomic E-state index is 12.4. The number of rotatable bonds is 5. The van der Waals surface area contributed by atoms with Gasteiger partial charge in [0, 0.05) is 24.9 Å². The Morgan fingerprint density at radius 2 is 2.12 bits per heavy atom. The third-order valence-electron chi connectivity index (χ3n) is 2.78. The molecule has 0 aliphatic rings. The van der Waals surface area contributed by atoms with Gasteiger partial charge in [0.25, 0.3) is 5.91 Å². The van der Waals surface area contributed by atoms with Crippen LogP contribution in [0.1, 0.15) is 42.0 Å². The van der Waals surface area contributed by atoms with Gasteiger partial charge >= 0.3 is 0 Å². The van der Waals surface area contributed by atoms with Crippen LogP contribution in [0.5, 0.6) is 0 Å². The number of hydrogen-bond donors (Lipinski definition) is 2. The van der Waals surface area contributed by atoms with E-state index in [1.54, 1.807) is 4.90 Å². The lowest BCUT2D eigenvalue weighted by atomic mass is 10.1. The van der Waals surface area contributed by atoms with E-state index >= 15 is 0 Å². The molecule has 1 heterocycles. The van der Waals surface area contributed by atoms with Crippen molar-refractivity contribution in [2.45, 2.75) is 40.2 Å². The fourth-order valence-corrected chi connectivity index (χ4v) is 1.84. The molecule has 0 bridgehead atoms. The highest BCUT2D eigenvalue weighted by molar-refractivity contribution is 5.96. The summed E-state index contributed by atoms with van der Waals surface area (Å²) in [5.41, 5.74) is 2.17. The standard InChI is InChI=1S/C12H21N3O2/c1-8(2)15(6-5-7-16)12(17)11-9(3)13-14-10(11)4/h8,16H,5-7H2,1-4H3,(H,13,14). The number of amides is 1. The van der Waals surface area contributed by atoms with Gasteiger partial charge in [-0.25, -0.2) is 0 Å². The molecule has 5 nitrogen and oxygen atoms in total. The summed E-state index contributed by atoms with van der Waals surface area (Å²) >= 11 is 0. The second-order valence-electron chi connectivity index (χ2n) is 4.48. The molecule has 1 aromatic rings. The summed E-state index contributed by atoms with van der Waals surface area (Å²) < 4.78 is 0. The van der Waals surface area contributed by atoms with Gasteiger partial charge in [-0.1, -0.05) is 0 Å². The van der Waals surface area contributed by atoms with Crippen molar-refractivity contribution in [1.29, 1.82) is 0 Å². The highest BCUT2D eigenvalue weighted by Gasteiger charge is 2.23. The lowest BCUT2D eigenvalue weighted by Crippen LogP contribution is -2.38. The fraction of sp³-hybridized carbons (Fsp3) is 0.667. The number of carbonyl (C=O) groups excluding carboxylic acids is 1. The van der Waals surface area contributed by atoms with Crippen LogP contribution >= 0.6 is 0 Å². The monoisotopic (exact) mass is 239 g/mol. The lowest BCUT2D eigenvalue weighted by Gasteiger charge is -2.26. The van der Waals surface area contributed by atoms with Gasteiger partial charge in [0.15, 0.2) is 0 Å². The number of aryl methyl sites for hydroxylation is 2. The van der Waals surface area contributed by atoms with Crippen molar-refractivity contribution in [3.05, 3.63) is 17.0 Å². The van der Waals surface area contributed by atoms with Crippen LogP contribution in [0.25, 0.3) is 0 Å². The smallest absolute Gasteiger partial charge is 0.257 e. The molecule has 5 heteroatoms. The molecular weight excluding hydrogens is 218 g/mol. The zero-order valence-corrected chi connectivity index (χ0v) is 10.9. The van der Waals surface area contributed by atoms with Crippen LogP contribution in [0.3, 0.4) is 0 Å². The molecule has 1 rings (SSSR count). The number of aromatic amines is 1. The van der Waals surface area contributed by atoms with E-state index in [-0.39, 0.29) is 18.6 Å². The topological polar surface area (TPSA) is 69.2 Å². The second-order valence-corrected chi connectivity index (χ2v) is 4.48. The number of aliphatic hydroxyl groups excluding tert-OH is 1. The first kappa shape index (κ1) is 13.7. The van der Waals surface area contributed by atoms with Crippen molar-refractivity contribution in [1.82, 2.24) is 15.1 Å². The Balaban J connectivity index is 2.92. The number of aromatic nitrogens is 2. The molecule has 0 unspecified atom stereocenters. The summed E-state index contributed by atoms with van der Waals surface area (Å²) in [6, 6.07) is 0.114. The molecular formula is C12H21N3O2. The fourth-order valence-electron chi connectivity index (χ4n) is 1.84. The van der Waals surface area contributed by atoms with Crippen molar-refractivity contribution in [2.75, 3.05) is 13.2 Å². The predicted molar refractivity (Wildman–Crippen MR) is 65.9 cm³/mol. The molecule has 1 aromatic heterocycles. The van der Waals surface area contributed by atoms with Crippen LogP contribution in [-0.4, -0.2) is 45.3 Å². The second kappa shape index (κ2) is 5.82.